The summed E-state index contributed by atoms with van der Waals surface area (Å²) in [4.78, 5) is 16.2. The molecule has 0 aromatic carbocycles. The number of fused-ring (bicyclic) bond motifs is 1. The van der Waals surface area contributed by atoms with Gasteiger partial charge in [-0.2, -0.15) is 10.2 Å². The molecule has 11 heteroatoms. The molecule has 32 heavy (non-hydrogen) atoms. The van der Waals surface area contributed by atoms with Crippen LogP contribution in [0.4, 0.5) is 20.8 Å². The molecule has 4 rings (SSSR count). The first-order valence-electron chi connectivity index (χ1n) is 10.5. The standard InChI is InChI=1S/C21H28FN7O3/c1-11(2)24-20(30)32-14-10-31-18(17(14)22)12-8-16(27-26-12)25-19-13-9-15(21(3,4)5)28-29(13)7-6-23-19/h6-9,11,14,17-18H,10H2,1-5H3,(H,24,30)(H2,23,25,26,27)/t14-,17-,18-/m0/s1. The first kappa shape index (κ1) is 22.0. The monoisotopic (exact) mass is 445 g/mol. The number of aromatic nitrogens is 5. The zero-order chi connectivity index (χ0) is 23.0. The Morgan fingerprint density at radius 1 is 1.38 bits per heavy atom. The molecule has 3 aromatic rings. The zero-order valence-electron chi connectivity index (χ0n) is 18.7. The Morgan fingerprint density at radius 2 is 2.16 bits per heavy atom. The van der Waals surface area contributed by atoms with Gasteiger partial charge in [0.2, 0.25) is 0 Å². The number of amides is 1. The molecule has 172 valence electrons. The Kier molecular flexibility index (Phi) is 5.76. The van der Waals surface area contributed by atoms with Crippen LogP contribution in [0.15, 0.2) is 24.5 Å². The molecule has 1 aliphatic heterocycles. The van der Waals surface area contributed by atoms with Gasteiger partial charge in [-0.05, 0) is 19.9 Å². The Bertz CT molecular complexity index is 1100. The van der Waals surface area contributed by atoms with E-state index >= 15 is 0 Å². The van der Waals surface area contributed by atoms with Gasteiger partial charge in [0.05, 0.1) is 18.0 Å². The highest BCUT2D eigenvalue weighted by Crippen LogP contribution is 2.34. The summed E-state index contributed by atoms with van der Waals surface area (Å²) in [5.41, 5.74) is 2.06. The number of nitrogens with zero attached hydrogens (tertiary/aromatic N) is 4. The van der Waals surface area contributed by atoms with Gasteiger partial charge in [-0.15, -0.1) is 0 Å². The van der Waals surface area contributed by atoms with Gasteiger partial charge in [-0.1, -0.05) is 20.8 Å². The van der Waals surface area contributed by atoms with Crippen LogP contribution in [0, 0.1) is 0 Å². The van der Waals surface area contributed by atoms with Crippen LogP contribution in [0.2, 0.25) is 0 Å². The summed E-state index contributed by atoms with van der Waals surface area (Å²) >= 11 is 0. The highest BCUT2D eigenvalue weighted by Gasteiger charge is 2.42. The molecule has 0 saturated carbocycles. The molecule has 0 spiro atoms. The first-order valence-corrected chi connectivity index (χ1v) is 10.5. The lowest BCUT2D eigenvalue weighted by Crippen LogP contribution is -2.36. The van der Waals surface area contributed by atoms with Gasteiger partial charge >= 0.3 is 6.09 Å². The number of halogens is 1. The Hall–Kier alpha value is -3.21. The highest BCUT2D eigenvalue weighted by atomic mass is 19.1. The molecule has 1 aliphatic rings. The molecule has 0 unspecified atom stereocenters. The van der Waals surface area contributed by atoms with Crippen molar-refractivity contribution >= 4 is 23.2 Å². The van der Waals surface area contributed by atoms with Crippen molar-refractivity contribution in [1.29, 1.82) is 0 Å². The molecule has 1 fully saturated rings. The number of carbonyl (C=O) groups excluding carboxylic acids is 1. The van der Waals surface area contributed by atoms with Gasteiger partial charge in [0.1, 0.15) is 11.6 Å². The lowest BCUT2D eigenvalue weighted by Gasteiger charge is -2.16. The minimum atomic E-state index is -1.52. The number of anilines is 2. The Labute approximate surface area is 184 Å². The van der Waals surface area contributed by atoms with Crippen molar-refractivity contribution < 1.29 is 18.7 Å². The van der Waals surface area contributed by atoms with Crippen molar-refractivity contribution in [2.24, 2.45) is 0 Å². The Morgan fingerprint density at radius 3 is 2.88 bits per heavy atom. The molecule has 4 heterocycles. The number of carbonyl (C=O) groups is 1. The lowest BCUT2D eigenvalue weighted by molar-refractivity contribution is 0.0615. The minimum absolute atomic E-state index is 0.0363. The maximum absolute atomic E-state index is 14.9. The molecule has 3 atom stereocenters. The second kappa shape index (κ2) is 8.38. The van der Waals surface area contributed by atoms with Crippen LogP contribution in [0.25, 0.3) is 5.52 Å². The van der Waals surface area contributed by atoms with E-state index in [0.29, 0.717) is 17.3 Å². The van der Waals surface area contributed by atoms with E-state index in [2.05, 4.69) is 51.7 Å². The molecule has 0 bridgehead atoms. The zero-order valence-corrected chi connectivity index (χ0v) is 18.7. The molecule has 1 saturated heterocycles. The second-order valence-electron chi connectivity index (χ2n) is 9.16. The molecule has 3 N–H and O–H groups in total. The van der Waals surface area contributed by atoms with E-state index in [4.69, 9.17) is 9.47 Å². The molecule has 0 aliphatic carbocycles. The summed E-state index contributed by atoms with van der Waals surface area (Å²) in [6.45, 7) is 9.83. The summed E-state index contributed by atoms with van der Waals surface area (Å²) in [5.74, 6) is 1.03. The smallest absolute Gasteiger partial charge is 0.407 e. The normalized spacial score (nSPS) is 21.3. The molecule has 10 nitrogen and oxygen atoms in total. The predicted molar refractivity (Wildman–Crippen MR) is 116 cm³/mol. The topological polar surface area (TPSA) is 118 Å². The fourth-order valence-corrected chi connectivity index (χ4v) is 3.40. The number of hydrogen-bond donors (Lipinski definition) is 3. The van der Waals surface area contributed by atoms with Crippen molar-refractivity contribution in [2.45, 2.75) is 64.5 Å². The maximum Gasteiger partial charge on any atom is 0.407 e. The van der Waals surface area contributed by atoms with Gasteiger partial charge in [-0.3, -0.25) is 5.10 Å². The van der Waals surface area contributed by atoms with Crippen LogP contribution in [0.1, 0.15) is 52.1 Å². The number of rotatable bonds is 5. The third-order valence-corrected chi connectivity index (χ3v) is 5.06. The minimum Gasteiger partial charge on any atom is -0.441 e. The summed E-state index contributed by atoms with van der Waals surface area (Å²) in [6, 6.07) is 3.53. The summed E-state index contributed by atoms with van der Waals surface area (Å²) in [5, 5.41) is 17.3. The number of alkyl carbamates (subject to hydrolysis) is 1. The molecule has 3 aromatic heterocycles. The fraction of sp³-hybridized carbons (Fsp3) is 0.524. The van der Waals surface area contributed by atoms with Gasteiger partial charge in [0, 0.05) is 29.9 Å². The number of ether oxygens (including phenoxy) is 2. The number of aromatic amines is 1. The molecule has 1 amide bonds. The van der Waals surface area contributed by atoms with E-state index in [1.165, 1.54) is 0 Å². The van der Waals surface area contributed by atoms with Crippen LogP contribution in [0.5, 0.6) is 0 Å². The van der Waals surface area contributed by atoms with Crippen molar-refractivity contribution in [3.63, 3.8) is 0 Å². The quantitative estimate of drug-likeness (QED) is 0.551. The number of alkyl halides is 1. The van der Waals surface area contributed by atoms with Crippen molar-refractivity contribution in [1.82, 2.24) is 30.1 Å². The molecular formula is C21H28FN7O3. The summed E-state index contributed by atoms with van der Waals surface area (Å²) < 4.78 is 27.3. The average molecular weight is 445 g/mol. The molecule has 0 radical (unpaired) electrons. The van der Waals surface area contributed by atoms with Gasteiger partial charge in [0.25, 0.3) is 0 Å². The van der Waals surface area contributed by atoms with Crippen LogP contribution < -0.4 is 10.6 Å². The summed E-state index contributed by atoms with van der Waals surface area (Å²) in [7, 11) is 0. The lowest BCUT2D eigenvalue weighted by atomic mass is 9.92. The van der Waals surface area contributed by atoms with Crippen LogP contribution in [-0.2, 0) is 14.9 Å². The van der Waals surface area contributed by atoms with E-state index in [9.17, 15) is 9.18 Å². The van der Waals surface area contributed by atoms with Gasteiger partial charge < -0.3 is 20.1 Å². The van der Waals surface area contributed by atoms with Gasteiger partial charge in [-0.25, -0.2) is 18.7 Å². The number of H-pyrrole nitrogens is 1. The Balaban J connectivity index is 1.47. The second-order valence-corrected chi connectivity index (χ2v) is 9.16. The van der Waals surface area contributed by atoms with E-state index in [0.717, 1.165) is 11.2 Å². The number of hydrogen-bond acceptors (Lipinski definition) is 7. The largest absolute Gasteiger partial charge is 0.441 e. The first-order chi connectivity index (χ1) is 15.1. The maximum atomic E-state index is 14.9. The van der Waals surface area contributed by atoms with E-state index < -0.39 is 24.5 Å². The van der Waals surface area contributed by atoms with Crippen LogP contribution in [0.3, 0.4) is 0 Å². The van der Waals surface area contributed by atoms with E-state index in [-0.39, 0.29) is 18.1 Å². The fourth-order valence-electron chi connectivity index (χ4n) is 3.40. The third-order valence-electron chi connectivity index (χ3n) is 5.06. The summed E-state index contributed by atoms with van der Waals surface area (Å²) in [6.07, 6.45) is -0.672. The molecular weight excluding hydrogens is 417 g/mol. The number of nitrogens with one attached hydrogen (secondary N) is 3. The third kappa shape index (κ3) is 4.52. The van der Waals surface area contributed by atoms with E-state index in [1.54, 1.807) is 36.8 Å². The SMILES string of the molecule is CC(C)NC(=O)O[C@H]1CO[C@@H](c2cc(Nc3nccn4nc(C(C)(C)C)cc34)n[nH]2)[C@H]1F. The van der Waals surface area contributed by atoms with Crippen LogP contribution >= 0.6 is 0 Å². The van der Waals surface area contributed by atoms with Crippen molar-refractivity contribution in [3.8, 4) is 0 Å². The van der Waals surface area contributed by atoms with Crippen molar-refractivity contribution in [2.75, 3.05) is 11.9 Å². The average Bonchev–Trinajstić information content (AvgIpc) is 3.40. The van der Waals surface area contributed by atoms with Gasteiger partial charge in [0.15, 0.2) is 23.9 Å². The highest BCUT2D eigenvalue weighted by molar-refractivity contribution is 5.72. The van der Waals surface area contributed by atoms with E-state index in [1.807, 2.05) is 6.07 Å². The predicted octanol–water partition coefficient (Wildman–Crippen LogP) is 3.41. The van der Waals surface area contributed by atoms with Crippen LogP contribution in [-0.4, -0.2) is 55.8 Å². The van der Waals surface area contributed by atoms with Crippen molar-refractivity contribution in [3.05, 3.63) is 35.9 Å².